The normalized spacial score (nSPS) is 10.7. The summed E-state index contributed by atoms with van der Waals surface area (Å²) in [5.41, 5.74) is 1.52. The number of aromatic carboxylic acids is 1. The van der Waals surface area contributed by atoms with Crippen molar-refractivity contribution < 1.29 is 14.7 Å². The molecule has 0 spiro atoms. The van der Waals surface area contributed by atoms with Crippen LogP contribution in [-0.2, 0) is 11.2 Å². The molecule has 0 aliphatic heterocycles. The number of carboxylic acid groups (broad SMARTS) is 1. The molecule has 7 heteroatoms. The predicted octanol–water partition coefficient (Wildman–Crippen LogP) is 3.22. The van der Waals surface area contributed by atoms with Gasteiger partial charge in [-0.3, -0.25) is 4.79 Å². The fraction of sp³-hybridized carbons (Fsp3) is 0.105. The van der Waals surface area contributed by atoms with Crippen molar-refractivity contribution in [3.8, 4) is 6.07 Å². The highest BCUT2D eigenvalue weighted by atomic mass is 35.5. The Balaban J connectivity index is 1.88. The van der Waals surface area contributed by atoms with E-state index < -0.39 is 11.9 Å². The molecule has 132 valence electrons. The van der Waals surface area contributed by atoms with Crippen LogP contribution in [0.5, 0.6) is 0 Å². The van der Waals surface area contributed by atoms with Crippen LogP contribution in [0.1, 0.15) is 15.9 Å². The quantitative estimate of drug-likeness (QED) is 0.395. The number of hydrogen-bond acceptors (Lipinski definition) is 4. The van der Waals surface area contributed by atoms with Gasteiger partial charge in [0.15, 0.2) is 0 Å². The summed E-state index contributed by atoms with van der Waals surface area (Å²) in [5, 5.41) is 24.1. The van der Waals surface area contributed by atoms with Gasteiger partial charge in [-0.15, -0.1) is 0 Å². The van der Waals surface area contributed by atoms with Crippen molar-refractivity contribution in [1.82, 2.24) is 5.32 Å². The number of halogens is 1. The molecule has 2 aromatic rings. The third-order valence-electron chi connectivity index (χ3n) is 3.47. The second-order valence-electron chi connectivity index (χ2n) is 5.34. The summed E-state index contributed by atoms with van der Waals surface area (Å²) in [4.78, 5) is 22.9. The number of nitrogens with one attached hydrogen (secondary N) is 2. The molecule has 1 amide bonds. The Morgan fingerprint density at radius 2 is 1.77 bits per heavy atom. The number of carbonyl (C=O) groups excluding carboxylic acids is 1. The van der Waals surface area contributed by atoms with Crippen molar-refractivity contribution in [2.45, 2.75) is 6.42 Å². The highest BCUT2D eigenvalue weighted by Crippen LogP contribution is 2.11. The van der Waals surface area contributed by atoms with E-state index in [9.17, 15) is 9.59 Å². The third-order valence-corrected chi connectivity index (χ3v) is 3.72. The number of amides is 1. The number of anilines is 1. The highest BCUT2D eigenvalue weighted by molar-refractivity contribution is 6.30. The Bertz CT molecular complexity index is 853. The zero-order chi connectivity index (χ0) is 18.9. The average molecular weight is 370 g/mol. The maximum Gasteiger partial charge on any atom is 0.335 e. The molecule has 0 saturated carbocycles. The van der Waals surface area contributed by atoms with Crippen LogP contribution in [-0.4, -0.2) is 23.5 Å². The van der Waals surface area contributed by atoms with Gasteiger partial charge >= 0.3 is 5.97 Å². The van der Waals surface area contributed by atoms with E-state index >= 15 is 0 Å². The third kappa shape index (κ3) is 5.65. The lowest BCUT2D eigenvalue weighted by molar-refractivity contribution is -0.112. The summed E-state index contributed by atoms with van der Waals surface area (Å²) in [6.45, 7) is 0.549. The van der Waals surface area contributed by atoms with Crippen molar-refractivity contribution in [3.63, 3.8) is 0 Å². The molecule has 0 heterocycles. The summed E-state index contributed by atoms with van der Waals surface area (Å²) < 4.78 is 0. The van der Waals surface area contributed by atoms with Crippen molar-refractivity contribution in [3.05, 3.63) is 76.5 Å². The lowest BCUT2D eigenvalue weighted by atomic mass is 10.1. The largest absolute Gasteiger partial charge is 0.478 e. The maximum atomic E-state index is 12.1. The summed E-state index contributed by atoms with van der Waals surface area (Å²) in [6, 6.07) is 14.9. The van der Waals surface area contributed by atoms with Gasteiger partial charge in [-0.2, -0.15) is 5.26 Å². The van der Waals surface area contributed by atoms with Crippen LogP contribution in [0.3, 0.4) is 0 Å². The first-order valence-electron chi connectivity index (χ1n) is 7.72. The maximum absolute atomic E-state index is 12.1. The molecule has 0 unspecified atom stereocenters. The van der Waals surface area contributed by atoms with Gasteiger partial charge in [0, 0.05) is 23.5 Å². The second-order valence-corrected chi connectivity index (χ2v) is 5.77. The van der Waals surface area contributed by atoms with Gasteiger partial charge in [0.05, 0.1) is 5.56 Å². The van der Waals surface area contributed by atoms with E-state index in [0.717, 1.165) is 5.56 Å². The fourth-order valence-corrected chi connectivity index (χ4v) is 2.21. The van der Waals surface area contributed by atoms with Crippen LogP contribution in [0.25, 0.3) is 0 Å². The van der Waals surface area contributed by atoms with E-state index in [1.54, 1.807) is 12.1 Å². The predicted molar refractivity (Wildman–Crippen MR) is 98.9 cm³/mol. The Labute approximate surface area is 155 Å². The van der Waals surface area contributed by atoms with Crippen molar-refractivity contribution >= 4 is 29.2 Å². The van der Waals surface area contributed by atoms with E-state index in [0.29, 0.717) is 23.7 Å². The lowest BCUT2D eigenvalue weighted by Crippen LogP contribution is -2.18. The van der Waals surface area contributed by atoms with Gasteiger partial charge in [-0.25, -0.2) is 4.79 Å². The first kappa shape index (κ1) is 19.0. The van der Waals surface area contributed by atoms with Gasteiger partial charge in [-0.05, 0) is 48.4 Å². The molecule has 0 aliphatic carbocycles. The lowest BCUT2D eigenvalue weighted by Gasteiger charge is -2.06. The molecule has 2 aromatic carbocycles. The molecule has 26 heavy (non-hydrogen) atoms. The summed E-state index contributed by atoms with van der Waals surface area (Å²) in [5.74, 6) is -1.63. The first-order chi connectivity index (χ1) is 12.5. The first-order valence-corrected chi connectivity index (χ1v) is 8.10. The Kier molecular flexibility index (Phi) is 6.77. The van der Waals surface area contributed by atoms with Crippen LogP contribution in [0, 0.1) is 11.3 Å². The molecule has 0 bridgehead atoms. The minimum Gasteiger partial charge on any atom is -0.478 e. The SMILES string of the molecule is N#C/C(=C/NCCc1ccc(Cl)cc1)C(=O)Nc1ccc(C(=O)O)cc1. The second kappa shape index (κ2) is 9.25. The Morgan fingerprint density at radius 3 is 2.35 bits per heavy atom. The molecule has 0 saturated heterocycles. The van der Waals surface area contributed by atoms with Crippen LogP contribution in [0.4, 0.5) is 5.69 Å². The highest BCUT2D eigenvalue weighted by Gasteiger charge is 2.10. The standard InChI is InChI=1S/C19H16ClN3O3/c20-16-5-1-13(2-6-16)9-10-22-12-15(11-21)18(24)23-17-7-3-14(4-8-17)19(25)26/h1-8,12,22H,9-10H2,(H,23,24)(H,25,26)/b15-12-. The Hall–Kier alpha value is -3.30. The summed E-state index contributed by atoms with van der Waals surface area (Å²) in [7, 11) is 0. The van der Waals surface area contributed by atoms with Crippen molar-refractivity contribution in [2.24, 2.45) is 0 Å². The van der Waals surface area contributed by atoms with Gasteiger partial charge in [-0.1, -0.05) is 23.7 Å². The van der Waals surface area contributed by atoms with E-state index in [1.807, 2.05) is 18.2 Å². The minimum absolute atomic E-state index is 0.0802. The van der Waals surface area contributed by atoms with E-state index in [1.165, 1.54) is 30.5 Å². The number of rotatable bonds is 7. The van der Waals surface area contributed by atoms with Gasteiger partial charge in [0.25, 0.3) is 5.91 Å². The molecule has 0 aromatic heterocycles. The van der Waals surface area contributed by atoms with Crippen LogP contribution in [0.2, 0.25) is 5.02 Å². The van der Waals surface area contributed by atoms with Crippen molar-refractivity contribution in [1.29, 1.82) is 5.26 Å². The van der Waals surface area contributed by atoms with Crippen LogP contribution < -0.4 is 10.6 Å². The molecular weight excluding hydrogens is 354 g/mol. The van der Waals surface area contributed by atoms with Gasteiger partial charge in [0.2, 0.25) is 0 Å². The number of hydrogen-bond donors (Lipinski definition) is 3. The average Bonchev–Trinajstić information content (AvgIpc) is 2.63. The fourth-order valence-electron chi connectivity index (χ4n) is 2.08. The molecule has 0 atom stereocenters. The Morgan fingerprint density at radius 1 is 1.12 bits per heavy atom. The zero-order valence-corrected chi connectivity index (χ0v) is 14.5. The van der Waals surface area contributed by atoms with E-state index in [2.05, 4.69) is 10.6 Å². The molecule has 0 aliphatic rings. The molecule has 6 nitrogen and oxygen atoms in total. The van der Waals surface area contributed by atoms with Gasteiger partial charge in [0.1, 0.15) is 11.6 Å². The van der Waals surface area contributed by atoms with Gasteiger partial charge < -0.3 is 15.7 Å². The number of nitriles is 1. The zero-order valence-electron chi connectivity index (χ0n) is 13.7. The monoisotopic (exact) mass is 369 g/mol. The van der Waals surface area contributed by atoms with Crippen LogP contribution in [0.15, 0.2) is 60.3 Å². The van der Waals surface area contributed by atoms with E-state index in [4.69, 9.17) is 22.0 Å². The molecular formula is C19H16ClN3O3. The molecule has 0 fully saturated rings. The van der Waals surface area contributed by atoms with Crippen LogP contribution >= 0.6 is 11.6 Å². The summed E-state index contributed by atoms with van der Waals surface area (Å²) >= 11 is 5.82. The molecule has 0 radical (unpaired) electrons. The smallest absolute Gasteiger partial charge is 0.335 e. The molecule has 3 N–H and O–H groups in total. The molecule has 2 rings (SSSR count). The number of benzene rings is 2. The van der Waals surface area contributed by atoms with Crippen molar-refractivity contribution in [2.75, 3.05) is 11.9 Å². The number of carboxylic acids is 1. The number of nitrogens with zero attached hydrogens (tertiary/aromatic N) is 1. The van der Waals surface area contributed by atoms with E-state index in [-0.39, 0.29) is 11.1 Å². The number of carbonyl (C=O) groups is 2. The summed E-state index contributed by atoms with van der Waals surface area (Å²) in [6.07, 6.45) is 2.07. The topological polar surface area (TPSA) is 102 Å². The minimum atomic E-state index is -1.05.